The molecule has 1 heterocycles. The predicted molar refractivity (Wildman–Crippen MR) is 36.5 cm³/mol. The van der Waals surface area contributed by atoms with E-state index in [2.05, 4.69) is 12.0 Å². The van der Waals surface area contributed by atoms with E-state index in [1.165, 1.54) is 10.4 Å². The zero-order valence-corrected chi connectivity index (χ0v) is 5.76. The Bertz CT molecular complexity index is 202. The summed E-state index contributed by atoms with van der Waals surface area (Å²) in [7, 11) is 0. The lowest BCUT2D eigenvalue weighted by atomic mass is 10.2. The summed E-state index contributed by atoms with van der Waals surface area (Å²) in [5.74, 6) is 5.36. The van der Waals surface area contributed by atoms with Crippen LogP contribution in [0.1, 0.15) is 18.2 Å². The molecule has 0 aromatic carbocycles. The van der Waals surface area contributed by atoms with E-state index in [1.54, 1.807) is 0 Å². The fraction of sp³-hybridized carbons (Fsp3) is 0.500. The van der Waals surface area contributed by atoms with Gasteiger partial charge in [-0.25, -0.2) is 0 Å². The third-order valence-corrected chi connectivity index (χ3v) is 1.40. The summed E-state index contributed by atoms with van der Waals surface area (Å²) in [6.07, 6.45) is 2.85. The van der Waals surface area contributed by atoms with E-state index >= 15 is 0 Å². The lowest BCUT2D eigenvalue weighted by molar-refractivity contribution is 0.817. The van der Waals surface area contributed by atoms with Gasteiger partial charge in [-0.15, -0.1) is 0 Å². The second-order valence-corrected chi connectivity index (χ2v) is 2.07. The molecule has 0 fully saturated rings. The van der Waals surface area contributed by atoms with Crippen LogP contribution in [0.5, 0.6) is 0 Å². The maximum atomic E-state index is 5.36. The number of nitrogens with two attached hydrogens (primary N) is 1. The normalized spacial score (nSPS) is 10.0. The molecule has 0 aliphatic heterocycles. The Balaban J connectivity index is 3.01. The van der Waals surface area contributed by atoms with Crippen molar-refractivity contribution in [1.82, 2.24) is 9.89 Å². The van der Waals surface area contributed by atoms with Gasteiger partial charge in [-0.2, -0.15) is 9.89 Å². The van der Waals surface area contributed by atoms with Crippen molar-refractivity contribution in [3.63, 3.8) is 0 Å². The maximum absolute atomic E-state index is 5.36. The van der Waals surface area contributed by atoms with Crippen molar-refractivity contribution >= 4 is 0 Å². The highest BCUT2D eigenvalue weighted by atomic mass is 15.5. The Labute approximate surface area is 54.4 Å². The summed E-state index contributed by atoms with van der Waals surface area (Å²) < 4.78 is 0. The van der Waals surface area contributed by atoms with Gasteiger partial charge in [0.15, 0.2) is 0 Å². The van der Waals surface area contributed by atoms with E-state index in [-0.39, 0.29) is 0 Å². The second-order valence-electron chi connectivity index (χ2n) is 2.07. The molecule has 0 unspecified atom stereocenters. The van der Waals surface area contributed by atoms with Crippen LogP contribution in [0.4, 0.5) is 0 Å². The number of hydrogen-bond donors (Lipinski definition) is 1. The largest absolute Gasteiger partial charge is 0.323 e. The van der Waals surface area contributed by atoms with Crippen LogP contribution in [-0.2, 0) is 6.42 Å². The SMILES string of the molecule is CCc1cn(N)nc1C. The zero-order valence-electron chi connectivity index (χ0n) is 5.76. The first-order chi connectivity index (χ1) is 4.24. The first kappa shape index (κ1) is 6.13. The van der Waals surface area contributed by atoms with Crippen LogP contribution in [0.3, 0.4) is 0 Å². The molecule has 3 heteroatoms. The van der Waals surface area contributed by atoms with Gasteiger partial charge in [0.2, 0.25) is 0 Å². The lowest BCUT2D eigenvalue weighted by Crippen LogP contribution is -2.07. The Hall–Kier alpha value is -0.990. The molecule has 9 heavy (non-hydrogen) atoms. The molecular weight excluding hydrogens is 114 g/mol. The predicted octanol–water partition coefficient (Wildman–Crippen LogP) is 0.468. The molecule has 1 rings (SSSR count). The van der Waals surface area contributed by atoms with Gasteiger partial charge in [-0.3, -0.25) is 0 Å². The van der Waals surface area contributed by atoms with Crippen LogP contribution in [0.2, 0.25) is 0 Å². The number of nitrogens with zero attached hydrogens (tertiary/aromatic N) is 2. The van der Waals surface area contributed by atoms with Crippen LogP contribution in [-0.4, -0.2) is 9.89 Å². The highest BCUT2D eigenvalue weighted by molar-refractivity contribution is 5.14. The maximum Gasteiger partial charge on any atom is 0.0646 e. The fourth-order valence-corrected chi connectivity index (χ4v) is 0.866. The molecule has 0 radical (unpaired) electrons. The Morgan fingerprint density at radius 2 is 2.44 bits per heavy atom. The molecule has 0 aliphatic rings. The minimum Gasteiger partial charge on any atom is -0.323 e. The average Bonchev–Trinajstić information content (AvgIpc) is 2.10. The first-order valence-corrected chi connectivity index (χ1v) is 3.04. The van der Waals surface area contributed by atoms with E-state index in [0.29, 0.717) is 0 Å². The molecule has 1 aromatic heterocycles. The topological polar surface area (TPSA) is 43.8 Å². The smallest absolute Gasteiger partial charge is 0.0646 e. The van der Waals surface area contributed by atoms with Crippen LogP contribution >= 0.6 is 0 Å². The van der Waals surface area contributed by atoms with Gasteiger partial charge < -0.3 is 5.84 Å². The van der Waals surface area contributed by atoms with Gasteiger partial charge in [-0.1, -0.05) is 6.92 Å². The number of aromatic nitrogens is 2. The summed E-state index contributed by atoms with van der Waals surface area (Å²) in [6, 6.07) is 0. The molecule has 2 N–H and O–H groups in total. The summed E-state index contributed by atoms with van der Waals surface area (Å²) in [4.78, 5) is 1.36. The highest BCUT2D eigenvalue weighted by Crippen LogP contribution is 2.02. The Kier molecular flexibility index (Phi) is 1.42. The second kappa shape index (κ2) is 2.09. The highest BCUT2D eigenvalue weighted by Gasteiger charge is 1.97. The summed E-state index contributed by atoms with van der Waals surface area (Å²) in [5, 5.41) is 3.98. The van der Waals surface area contributed by atoms with E-state index < -0.39 is 0 Å². The standard InChI is InChI=1S/C6H11N3/c1-3-6-4-9(7)8-5(6)2/h4H,3,7H2,1-2H3. The van der Waals surface area contributed by atoms with E-state index in [4.69, 9.17) is 5.84 Å². The number of rotatable bonds is 1. The van der Waals surface area contributed by atoms with Crippen LogP contribution < -0.4 is 5.84 Å². The molecule has 0 amide bonds. The van der Waals surface area contributed by atoms with Crippen molar-refractivity contribution < 1.29 is 0 Å². The van der Waals surface area contributed by atoms with Crippen LogP contribution in [0.15, 0.2) is 6.20 Å². The summed E-state index contributed by atoms with van der Waals surface area (Å²) in [5.41, 5.74) is 2.25. The third kappa shape index (κ3) is 1.04. The van der Waals surface area contributed by atoms with Crippen molar-refractivity contribution in [2.75, 3.05) is 5.84 Å². The van der Waals surface area contributed by atoms with E-state index in [0.717, 1.165) is 12.1 Å². The average molecular weight is 125 g/mol. The Morgan fingerprint density at radius 1 is 1.78 bits per heavy atom. The minimum absolute atomic E-state index is 1.00. The molecule has 0 atom stereocenters. The molecule has 0 bridgehead atoms. The first-order valence-electron chi connectivity index (χ1n) is 3.04. The van der Waals surface area contributed by atoms with Crippen LogP contribution in [0.25, 0.3) is 0 Å². The summed E-state index contributed by atoms with van der Waals surface area (Å²) >= 11 is 0. The number of aryl methyl sites for hydroxylation is 2. The lowest BCUT2D eigenvalue weighted by Gasteiger charge is -1.84. The van der Waals surface area contributed by atoms with Gasteiger partial charge in [0.1, 0.15) is 0 Å². The summed E-state index contributed by atoms with van der Waals surface area (Å²) in [6.45, 7) is 4.05. The van der Waals surface area contributed by atoms with E-state index in [9.17, 15) is 0 Å². The molecule has 0 saturated carbocycles. The number of hydrogen-bond acceptors (Lipinski definition) is 2. The molecule has 0 spiro atoms. The third-order valence-electron chi connectivity index (χ3n) is 1.40. The molecule has 3 nitrogen and oxygen atoms in total. The Morgan fingerprint density at radius 3 is 2.67 bits per heavy atom. The van der Waals surface area contributed by atoms with Crippen molar-refractivity contribution in [3.05, 3.63) is 17.5 Å². The van der Waals surface area contributed by atoms with Gasteiger partial charge in [0, 0.05) is 0 Å². The molecule has 50 valence electrons. The van der Waals surface area contributed by atoms with Crippen molar-refractivity contribution in [3.8, 4) is 0 Å². The van der Waals surface area contributed by atoms with Gasteiger partial charge in [0.25, 0.3) is 0 Å². The van der Waals surface area contributed by atoms with Crippen molar-refractivity contribution in [1.29, 1.82) is 0 Å². The monoisotopic (exact) mass is 125 g/mol. The quantitative estimate of drug-likeness (QED) is 0.554. The van der Waals surface area contributed by atoms with Gasteiger partial charge >= 0.3 is 0 Å². The van der Waals surface area contributed by atoms with Crippen LogP contribution in [0, 0.1) is 6.92 Å². The van der Waals surface area contributed by atoms with Gasteiger partial charge in [-0.05, 0) is 18.9 Å². The molecule has 0 aliphatic carbocycles. The van der Waals surface area contributed by atoms with Crippen molar-refractivity contribution in [2.24, 2.45) is 0 Å². The molecule has 0 saturated heterocycles. The fourth-order valence-electron chi connectivity index (χ4n) is 0.866. The zero-order chi connectivity index (χ0) is 6.85. The van der Waals surface area contributed by atoms with Gasteiger partial charge in [0.05, 0.1) is 11.9 Å². The number of nitrogen functional groups attached to an aromatic ring is 1. The van der Waals surface area contributed by atoms with Crippen molar-refractivity contribution in [2.45, 2.75) is 20.3 Å². The minimum atomic E-state index is 1.00. The molecular formula is C6H11N3. The van der Waals surface area contributed by atoms with E-state index in [1.807, 2.05) is 13.1 Å². The molecule has 1 aromatic rings.